The third-order valence-corrected chi connectivity index (χ3v) is 0.742. The molecule has 0 N–H and O–H groups in total. The van der Waals surface area contributed by atoms with Gasteiger partial charge in [0.15, 0.2) is 0 Å². The molecule has 56 valence electrons. The van der Waals surface area contributed by atoms with Crippen LogP contribution in [0.25, 0.3) is 0 Å². The number of hydrogen-bond acceptors (Lipinski definition) is 5. The summed E-state index contributed by atoms with van der Waals surface area (Å²) < 4.78 is 7.89. The molecule has 0 aromatic rings. The lowest BCUT2D eigenvalue weighted by Gasteiger charge is -1.94. The number of hydrogen-bond donors (Lipinski definition) is 0. The van der Waals surface area contributed by atoms with E-state index in [1.54, 1.807) is 0 Å². The van der Waals surface area contributed by atoms with Gasteiger partial charge in [0, 0.05) is 0 Å². The minimum atomic E-state index is -1.30. The van der Waals surface area contributed by atoms with Crippen LogP contribution in [-0.2, 0) is 23.9 Å². The molecule has 0 bridgehead atoms. The Morgan fingerprint density at radius 3 is 1.40 bits per heavy atom. The SMILES string of the molecule is COC(=O)C(=O)C(=O)OC. The van der Waals surface area contributed by atoms with Gasteiger partial charge in [-0.25, -0.2) is 9.59 Å². The minimum absolute atomic E-state index is 1.00. The zero-order valence-corrected chi connectivity index (χ0v) is 5.54. The maximum atomic E-state index is 10.4. The van der Waals surface area contributed by atoms with Crippen molar-refractivity contribution < 1.29 is 23.9 Å². The standard InChI is InChI=1S/C5H6O5/c1-9-4(7)3(6)5(8)10-2/h1-2H3. The number of rotatable bonds is 2. The van der Waals surface area contributed by atoms with E-state index in [1.807, 2.05) is 0 Å². The number of ketones is 1. The van der Waals surface area contributed by atoms with Crippen molar-refractivity contribution in [3.63, 3.8) is 0 Å². The highest BCUT2D eigenvalue weighted by Gasteiger charge is 2.23. The molecule has 0 heterocycles. The van der Waals surface area contributed by atoms with Crippen LogP contribution >= 0.6 is 0 Å². The second-order valence-electron chi connectivity index (χ2n) is 1.31. The van der Waals surface area contributed by atoms with Crippen molar-refractivity contribution in [3.8, 4) is 0 Å². The second kappa shape index (κ2) is 3.60. The lowest BCUT2D eigenvalue weighted by molar-refractivity contribution is -0.162. The molecular formula is C5H6O5. The maximum Gasteiger partial charge on any atom is 0.386 e. The summed E-state index contributed by atoms with van der Waals surface area (Å²) in [4.78, 5) is 30.8. The molecule has 5 nitrogen and oxygen atoms in total. The molecule has 0 spiro atoms. The molecule has 10 heavy (non-hydrogen) atoms. The fourth-order valence-corrected chi connectivity index (χ4v) is 0.269. The van der Waals surface area contributed by atoms with Gasteiger partial charge in [-0.2, -0.15) is 0 Å². The lowest BCUT2D eigenvalue weighted by atomic mass is 10.4. The molecule has 0 aliphatic heterocycles. The first-order valence-electron chi connectivity index (χ1n) is 2.34. The highest BCUT2D eigenvalue weighted by atomic mass is 16.6. The quantitative estimate of drug-likeness (QED) is 0.281. The number of carbonyl (C=O) groups is 3. The smallest absolute Gasteiger partial charge is 0.386 e. The van der Waals surface area contributed by atoms with E-state index in [0.29, 0.717) is 0 Å². The molecule has 0 aromatic carbocycles. The van der Waals surface area contributed by atoms with Crippen LogP contribution < -0.4 is 0 Å². The van der Waals surface area contributed by atoms with Gasteiger partial charge in [0.1, 0.15) is 0 Å². The number of ether oxygens (including phenoxy) is 2. The second-order valence-corrected chi connectivity index (χ2v) is 1.31. The minimum Gasteiger partial charge on any atom is -0.463 e. The van der Waals surface area contributed by atoms with Gasteiger partial charge >= 0.3 is 17.7 Å². The molecule has 0 unspecified atom stereocenters. The van der Waals surface area contributed by atoms with Crippen LogP contribution in [0.2, 0.25) is 0 Å². The summed E-state index contributed by atoms with van der Waals surface area (Å²) in [6, 6.07) is 0. The number of carbonyl (C=O) groups excluding carboxylic acids is 3. The fourth-order valence-electron chi connectivity index (χ4n) is 0.269. The summed E-state index contributed by atoms with van der Waals surface area (Å²) >= 11 is 0. The predicted molar refractivity (Wildman–Crippen MR) is 29.0 cm³/mol. The predicted octanol–water partition coefficient (Wildman–Crippen LogP) is -1.10. The van der Waals surface area contributed by atoms with Gasteiger partial charge in [-0.1, -0.05) is 0 Å². The summed E-state index contributed by atoms with van der Waals surface area (Å²) in [5, 5.41) is 0. The third-order valence-electron chi connectivity index (χ3n) is 0.742. The summed E-state index contributed by atoms with van der Waals surface area (Å²) in [7, 11) is 2.01. The van der Waals surface area contributed by atoms with Crippen LogP contribution in [0.5, 0.6) is 0 Å². The molecule has 0 rings (SSSR count). The molecule has 5 heteroatoms. The number of Topliss-reactive ketones (excluding diaryl/α,β-unsaturated/α-hetero) is 1. The molecule has 0 saturated carbocycles. The Balaban J connectivity index is 4.09. The zero-order valence-electron chi connectivity index (χ0n) is 5.54. The first kappa shape index (κ1) is 8.61. The van der Waals surface area contributed by atoms with Gasteiger partial charge in [-0.3, -0.25) is 4.79 Å². The van der Waals surface area contributed by atoms with Gasteiger partial charge in [-0.05, 0) is 0 Å². The maximum absolute atomic E-state index is 10.4. The molecule has 0 fully saturated rings. The van der Waals surface area contributed by atoms with E-state index in [-0.39, 0.29) is 0 Å². The van der Waals surface area contributed by atoms with E-state index in [1.165, 1.54) is 0 Å². The molecule has 0 atom stereocenters. The Labute approximate surface area is 56.9 Å². The Kier molecular flexibility index (Phi) is 3.10. The zero-order chi connectivity index (χ0) is 8.15. The van der Waals surface area contributed by atoms with Crippen LogP contribution in [0.15, 0.2) is 0 Å². The van der Waals surface area contributed by atoms with Gasteiger partial charge in [0.05, 0.1) is 14.2 Å². The third kappa shape index (κ3) is 1.85. The van der Waals surface area contributed by atoms with E-state index in [0.717, 1.165) is 14.2 Å². The monoisotopic (exact) mass is 146 g/mol. The average Bonchev–Trinajstić information content (AvgIpc) is 2.00. The number of methoxy groups -OCH3 is 2. The summed E-state index contributed by atoms with van der Waals surface area (Å²) in [6.07, 6.45) is 0. The van der Waals surface area contributed by atoms with Crippen molar-refractivity contribution in [3.05, 3.63) is 0 Å². The molecule has 0 aliphatic carbocycles. The largest absolute Gasteiger partial charge is 0.463 e. The molecule has 0 aromatic heterocycles. The average molecular weight is 146 g/mol. The van der Waals surface area contributed by atoms with Crippen LogP contribution in [0.1, 0.15) is 0 Å². The fraction of sp³-hybridized carbons (Fsp3) is 0.400. The first-order chi connectivity index (χ1) is 4.63. The van der Waals surface area contributed by atoms with Crippen molar-refractivity contribution in [1.82, 2.24) is 0 Å². The topological polar surface area (TPSA) is 69.7 Å². The van der Waals surface area contributed by atoms with Crippen LogP contribution in [0.4, 0.5) is 0 Å². The van der Waals surface area contributed by atoms with Crippen LogP contribution in [0, 0.1) is 0 Å². The van der Waals surface area contributed by atoms with Crippen molar-refractivity contribution >= 4 is 17.7 Å². The summed E-state index contributed by atoms with van der Waals surface area (Å²) in [5.74, 6) is -3.73. The van der Waals surface area contributed by atoms with Gasteiger partial charge in [-0.15, -0.1) is 0 Å². The van der Waals surface area contributed by atoms with Crippen LogP contribution in [0.3, 0.4) is 0 Å². The molecule has 0 aliphatic rings. The highest BCUT2D eigenvalue weighted by Crippen LogP contribution is 1.81. The Morgan fingerprint density at radius 1 is 0.900 bits per heavy atom. The Morgan fingerprint density at radius 2 is 1.20 bits per heavy atom. The van der Waals surface area contributed by atoms with Crippen molar-refractivity contribution in [2.45, 2.75) is 0 Å². The van der Waals surface area contributed by atoms with E-state index >= 15 is 0 Å². The van der Waals surface area contributed by atoms with Crippen molar-refractivity contribution in [2.75, 3.05) is 14.2 Å². The highest BCUT2D eigenvalue weighted by molar-refractivity contribution is 6.60. The van der Waals surface area contributed by atoms with E-state index in [4.69, 9.17) is 0 Å². The molecule has 0 amide bonds. The van der Waals surface area contributed by atoms with Gasteiger partial charge in [0.25, 0.3) is 0 Å². The Hall–Kier alpha value is -1.39. The number of esters is 2. The summed E-state index contributed by atoms with van der Waals surface area (Å²) in [5.41, 5.74) is 0. The van der Waals surface area contributed by atoms with E-state index < -0.39 is 17.7 Å². The Bertz CT molecular complexity index is 153. The van der Waals surface area contributed by atoms with Crippen molar-refractivity contribution in [2.24, 2.45) is 0 Å². The summed E-state index contributed by atoms with van der Waals surface area (Å²) in [6.45, 7) is 0. The lowest BCUT2D eigenvalue weighted by Crippen LogP contribution is -2.25. The normalized spacial score (nSPS) is 8.20. The molecule has 0 saturated heterocycles. The first-order valence-corrected chi connectivity index (χ1v) is 2.34. The van der Waals surface area contributed by atoms with Crippen molar-refractivity contribution in [1.29, 1.82) is 0 Å². The van der Waals surface area contributed by atoms with E-state index in [9.17, 15) is 14.4 Å². The van der Waals surface area contributed by atoms with Gasteiger partial charge < -0.3 is 9.47 Å². The van der Waals surface area contributed by atoms with Crippen LogP contribution in [-0.4, -0.2) is 31.9 Å². The molecular weight excluding hydrogens is 140 g/mol. The van der Waals surface area contributed by atoms with Gasteiger partial charge in [0.2, 0.25) is 0 Å². The molecule has 0 radical (unpaired) electrons. The van der Waals surface area contributed by atoms with E-state index in [2.05, 4.69) is 9.47 Å².